The first-order valence-electron chi connectivity index (χ1n) is 4.34. The molecular formula is C10H13NO. The Morgan fingerprint density at radius 1 is 1.33 bits per heavy atom. The van der Waals surface area contributed by atoms with Crippen molar-refractivity contribution in [3.05, 3.63) is 35.9 Å². The predicted molar refractivity (Wildman–Crippen MR) is 47.8 cm³/mol. The van der Waals surface area contributed by atoms with Crippen molar-refractivity contribution >= 4 is 0 Å². The minimum atomic E-state index is -0.333. The van der Waals surface area contributed by atoms with Gasteiger partial charge in [-0.1, -0.05) is 30.3 Å². The monoisotopic (exact) mass is 163 g/mol. The minimum Gasteiger partial charge on any atom is -0.387 e. The normalized spacial score (nSPS) is 24.6. The van der Waals surface area contributed by atoms with E-state index in [0.717, 1.165) is 18.5 Å². The average Bonchev–Trinajstić information content (AvgIpc) is 2.03. The summed E-state index contributed by atoms with van der Waals surface area (Å²) in [4.78, 5) is 0. The number of hydrogen-bond acceptors (Lipinski definition) is 2. The van der Waals surface area contributed by atoms with Gasteiger partial charge in [-0.05, 0) is 18.5 Å². The zero-order valence-corrected chi connectivity index (χ0v) is 6.90. The number of aliphatic hydroxyl groups is 1. The number of benzene rings is 1. The largest absolute Gasteiger partial charge is 0.387 e. The highest BCUT2D eigenvalue weighted by Gasteiger charge is 2.25. The highest BCUT2D eigenvalue weighted by Crippen LogP contribution is 2.21. The van der Waals surface area contributed by atoms with Crippen molar-refractivity contribution in [1.82, 2.24) is 5.32 Å². The molecule has 2 rings (SSSR count). The second-order valence-electron chi connectivity index (χ2n) is 3.20. The zero-order chi connectivity index (χ0) is 8.39. The number of hydrogen-bond donors (Lipinski definition) is 2. The van der Waals surface area contributed by atoms with Gasteiger partial charge in [0.15, 0.2) is 0 Å². The van der Waals surface area contributed by atoms with E-state index in [-0.39, 0.29) is 12.1 Å². The van der Waals surface area contributed by atoms with Gasteiger partial charge in [0.05, 0.1) is 6.10 Å². The Bertz CT molecular complexity index is 243. The Balaban J connectivity index is 2.08. The van der Waals surface area contributed by atoms with Gasteiger partial charge in [-0.15, -0.1) is 0 Å². The first kappa shape index (κ1) is 7.77. The fourth-order valence-corrected chi connectivity index (χ4v) is 1.46. The molecule has 0 spiro atoms. The van der Waals surface area contributed by atoms with Crippen molar-refractivity contribution in [2.24, 2.45) is 0 Å². The third-order valence-corrected chi connectivity index (χ3v) is 2.38. The lowest BCUT2D eigenvalue weighted by Crippen LogP contribution is -2.46. The lowest BCUT2D eigenvalue weighted by Gasteiger charge is -2.32. The molecule has 64 valence electrons. The minimum absolute atomic E-state index is 0.271. The highest BCUT2D eigenvalue weighted by molar-refractivity contribution is 5.19. The van der Waals surface area contributed by atoms with Gasteiger partial charge in [0.25, 0.3) is 0 Å². The van der Waals surface area contributed by atoms with Crippen LogP contribution in [0.25, 0.3) is 0 Å². The number of nitrogens with one attached hydrogen (secondary N) is 1. The van der Waals surface area contributed by atoms with Crippen LogP contribution in [0.2, 0.25) is 0 Å². The van der Waals surface area contributed by atoms with Crippen molar-refractivity contribution in [3.63, 3.8) is 0 Å². The van der Waals surface area contributed by atoms with E-state index in [1.165, 1.54) is 0 Å². The summed E-state index contributed by atoms with van der Waals surface area (Å²) in [7, 11) is 0. The lowest BCUT2D eigenvalue weighted by molar-refractivity contribution is 0.0957. The Labute approximate surface area is 72.2 Å². The van der Waals surface area contributed by atoms with Crippen molar-refractivity contribution in [3.8, 4) is 0 Å². The molecule has 12 heavy (non-hydrogen) atoms. The summed E-state index contributed by atoms with van der Waals surface area (Å²) in [6.07, 6.45) is 0.746. The van der Waals surface area contributed by atoms with Crippen LogP contribution in [-0.4, -0.2) is 17.7 Å². The van der Waals surface area contributed by atoms with E-state index in [2.05, 4.69) is 5.32 Å². The molecule has 2 atom stereocenters. The number of rotatable bonds is 2. The first-order chi connectivity index (χ1) is 5.88. The fourth-order valence-electron chi connectivity index (χ4n) is 1.46. The van der Waals surface area contributed by atoms with Gasteiger partial charge in [0.2, 0.25) is 0 Å². The van der Waals surface area contributed by atoms with E-state index in [9.17, 15) is 5.11 Å². The van der Waals surface area contributed by atoms with Crippen LogP contribution < -0.4 is 5.32 Å². The summed E-state index contributed by atoms with van der Waals surface area (Å²) in [6.45, 7) is 1.04. The molecule has 0 saturated carbocycles. The van der Waals surface area contributed by atoms with Gasteiger partial charge >= 0.3 is 0 Å². The SMILES string of the molecule is OC(c1ccccc1)[C@@H]1CCN1. The molecular weight excluding hydrogens is 150 g/mol. The molecule has 2 N–H and O–H groups in total. The summed E-state index contributed by atoms with van der Waals surface area (Å²) >= 11 is 0. The van der Waals surface area contributed by atoms with E-state index in [1.54, 1.807) is 0 Å². The van der Waals surface area contributed by atoms with Crippen LogP contribution in [0.15, 0.2) is 30.3 Å². The second-order valence-corrected chi connectivity index (χ2v) is 3.20. The van der Waals surface area contributed by atoms with Gasteiger partial charge in [0, 0.05) is 6.04 Å². The molecule has 0 amide bonds. The van der Waals surface area contributed by atoms with Crippen LogP contribution in [0.4, 0.5) is 0 Å². The molecule has 1 aromatic rings. The second kappa shape index (κ2) is 3.25. The van der Waals surface area contributed by atoms with E-state index in [4.69, 9.17) is 0 Å². The van der Waals surface area contributed by atoms with E-state index < -0.39 is 0 Å². The summed E-state index contributed by atoms with van der Waals surface area (Å²) in [5, 5.41) is 13.0. The van der Waals surface area contributed by atoms with Crippen LogP contribution in [-0.2, 0) is 0 Å². The van der Waals surface area contributed by atoms with Crippen molar-refractivity contribution in [2.75, 3.05) is 6.54 Å². The van der Waals surface area contributed by atoms with E-state index in [0.29, 0.717) is 0 Å². The van der Waals surface area contributed by atoms with Crippen LogP contribution in [0, 0.1) is 0 Å². The Hall–Kier alpha value is -0.860. The van der Waals surface area contributed by atoms with Crippen molar-refractivity contribution < 1.29 is 5.11 Å². The quantitative estimate of drug-likeness (QED) is 0.683. The molecule has 0 bridgehead atoms. The number of aliphatic hydroxyl groups excluding tert-OH is 1. The van der Waals surface area contributed by atoms with Gasteiger partial charge in [0.1, 0.15) is 0 Å². The Morgan fingerprint density at radius 2 is 2.00 bits per heavy atom. The van der Waals surface area contributed by atoms with Crippen LogP contribution >= 0.6 is 0 Å². The van der Waals surface area contributed by atoms with Crippen LogP contribution in [0.1, 0.15) is 18.1 Å². The molecule has 2 heteroatoms. The molecule has 1 aromatic carbocycles. The third kappa shape index (κ3) is 1.36. The summed E-state index contributed by atoms with van der Waals surface area (Å²) < 4.78 is 0. The van der Waals surface area contributed by atoms with Gasteiger partial charge in [-0.2, -0.15) is 0 Å². The van der Waals surface area contributed by atoms with Crippen molar-refractivity contribution in [1.29, 1.82) is 0 Å². The summed E-state index contributed by atoms with van der Waals surface area (Å²) in [5.41, 5.74) is 1.01. The van der Waals surface area contributed by atoms with Gasteiger partial charge in [-0.3, -0.25) is 0 Å². The van der Waals surface area contributed by atoms with Crippen LogP contribution in [0.5, 0.6) is 0 Å². The topological polar surface area (TPSA) is 32.3 Å². The summed E-state index contributed by atoms with van der Waals surface area (Å²) in [5.74, 6) is 0. The molecule has 0 aromatic heterocycles. The lowest BCUT2D eigenvalue weighted by atomic mass is 9.95. The Kier molecular flexibility index (Phi) is 2.11. The van der Waals surface area contributed by atoms with E-state index >= 15 is 0 Å². The molecule has 1 heterocycles. The average molecular weight is 163 g/mol. The third-order valence-electron chi connectivity index (χ3n) is 2.38. The smallest absolute Gasteiger partial charge is 0.0943 e. The maximum Gasteiger partial charge on any atom is 0.0943 e. The molecule has 0 aliphatic carbocycles. The highest BCUT2D eigenvalue weighted by atomic mass is 16.3. The molecule has 0 radical (unpaired) electrons. The molecule has 1 aliphatic rings. The molecule has 2 nitrogen and oxygen atoms in total. The zero-order valence-electron chi connectivity index (χ0n) is 6.90. The standard InChI is InChI=1S/C10H13NO/c12-10(9-6-7-11-9)8-4-2-1-3-5-8/h1-5,9-12H,6-7H2/t9-,10?/m0/s1. The first-order valence-corrected chi connectivity index (χ1v) is 4.34. The maximum absolute atomic E-state index is 9.78. The van der Waals surface area contributed by atoms with Crippen LogP contribution in [0.3, 0.4) is 0 Å². The summed E-state index contributed by atoms with van der Waals surface area (Å²) in [6, 6.07) is 10.1. The van der Waals surface area contributed by atoms with Gasteiger partial charge < -0.3 is 10.4 Å². The molecule has 1 fully saturated rings. The van der Waals surface area contributed by atoms with E-state index in [1.807, 2.05) is 30.3 Å². The predicted octanol–water partition coefficient (Wildman–Crippen LogP) is 1.08. The van der Waals surface area contributed by atoms with Crippen molar-refractivity contribution in [2.45, 2.75) is 18.6 Å². The molecule has 1 saturated heterocycles. The Morgan fingerprint density at radius 3 is 2.50 bits per heavy atom. The maximum atomic E-state index is 9.78. The molecule has 1 unspecified atom stereocenters. The molecule has 1 aliphatic heterocycles. The van der Waals surface area contributed by atoms with Gasteiger partial charge in [-0.25, -0.2) is 0 Å². The fraction of sp³-hybridized carbons (Fsp3) is 0.400.